The van der Waals surface area contributed by atoms with E-state index in [-0.39, 0.29) is 5.91 Å². The number of hydrogen-bond acceptors (Lipinski definition) is 3. The number of fused-ring (bicyclic) bond motifs is 1. The monoisotopic (exact) mass is 277 g/mol. The van der Waals surface area contributed by atoms with Crippen LogP contribution in [0.3, 0.4) is 0 Å². The number of carbonyl (C=O) groups excluding carboxylic acids is 1. The summed E-state index contributed by atoms with van der Waals surface area (Å²) in [6, 6.07) is 7.11. The van der Waals surface area contributed by atoms with Crippen LogP contribution in [0.4, 0.5) is 5.82 Å². The van der Waals surface area contributed by atoms with Crippen molar-refractivity contribution in [3.05, 3.63) is 40.5 Å². The zero-order valence-corrected chi connectivity index (χ0v) is 11.0. The number of rotatable bonds is 2. The molecule has 2 heterocycles. The maximum Gasteiger partial charge on any atom is 0.266 e. The lowest BCUT2D eigenvalue weighted by Crippen LogP contribution is -2.31. The zero-order chi connectivity index (χ0) is 13.4. The van der Waals surface area contributed by atoms with Crippen molar-refractivity contribution >= 4 is 23.3 Å². The van der Waals surface area contributed by atoms with E-state index in [0.717, 1.165) is 11.3 Å². The summed E-state index contributed by atoms with van der Waals surface area (Å²) in [5.41, 5.74) is 1.84. The van der Waals surface area contributed by atoms with Crippen LogP contribution < -0.4 is 10.1 Å². The van der Waals surface area contributed by atoms with E-state index in [4.69, 9.17) is 16.3 Å². The van der Waals surface area contributed by atoms with Gasteiger partial charge >= 0.3 is 0 Å². The maximum atomic E-state index is 12.1. The number of aryl methyl sites for hydroxylation is 1. The van der Waals surface area contributed by atoms with Crippen LogP contribution in [0, 0.1) is 6.92 Å². The van der Waals surface area contributed by atoms with Gasteiger partial charge in [-0.05, 0) is 30.7 Å². The van der Waals surface area contributed by atoms with Gasteiger partial charge in [0.1, 0.15) is 5.75 Å². The van der Waals surface area contributed by atoms with Gasteiger partial charge in [-0.2, -0.15) is 5.10 Å². The van der Waals surface area contributed by atoms with Gasteiger partial charge in [-0.1, -0.05) is 11.6 Å². The van der Waals surface area contributed by atoms with E-state index in [1.807, 2.05) is 13.0 Å². The average Bonchev–Trinajstić information content (AvgIpc) is 2.95. The fraction of sp³-hybridized carbons (Fsp3) is 0.231. The topological polar surface area (TPSA) is 67.0 Å². The van der Waals surface area contributed by atoms with Crippen LogP contribution in [0.5, 0.6) is 5.75 Å². The Labute approximate surface area is 114 Å². The summed E-state index contributed by atoms with van der Waals surface area (Å²) in [6.45, 7) is 1.87. The van der Waals surface area contributed by atoms with E-state index in [9.17, 15) is 4.79 Å². The third-order valence-corrected chi connectivity index (χ3v) is 3.18. The number of ether oxygens (including phenoxy) is 1. The molecule has 2 N–H and O–H groups in total. The first-order valence-corrected chi connectivity index (χ1v) is 6.27. The van der Waals surface area contributed by atoms with Gasteiger partial charge in [0.2, 0.25) is 0 Å². The molecule has 0 saturated carbocycles. The third-order valence-electron chi connectivity index (χ3n) is 2.95. The van der Waals surface area contributed by atoms with Crippen molar-refractivity contribution in [2.75, 3.05) is 5.32 Å². The summed E-state index contributed by atoms with van der Waals surface area (Å²) >= 11 is 5.91. The Bertz CT molecular complexity index is 639. The molecule has 1 amide bonds. The first-order chi connectivity index (χ1) is 9.11. The summed E-state index contributed by atoms with van der Waals surface area (Å²) in [5, 5.41) is 10.1. The number of aromatic nitrogens is 2. The molecular weight excluding hydrogens is 266 g/mol. The number of nitrogens with one attached hydrogen (secondary N) is 2. The maximum absolute atomic E-state index is 12.1. The molecule has 1 unspecified atom stereocenters. The number of benzene rings is 1. The van der Waals surface area contributed by atoms with Crippen LogP contribution in [0.15, 0.2) is 24.3 Å². The van der Waals surface area contributed by atoms with E-state index in [0.29, 0.717) is 23.0 Å². The van der Waals surface area contributed by atoms with E-state index < -0.39 is 6.10 Å². The Balaban J connectivity index is 1.70. The fourth-order valence-electron chi connectivity index (χ4n) is 2.05. The molecule has 0 radical (unpaired) electrons. The minimum Gasteiger partial charge on any atom is -0.480 e. The van der Waals surface area contributed by atoms with E-state index in [1.165, 1.54) is 0 Å². The molecule has 5 nitrogen and oxygen atoms in total. The van der Waals surface area contributed by atoms with Crippen molar-refractivity contribution in [1.29, 1.82) is 0 Å². The van der Waals surface area contributed by atoms with Crippen molar-refractivity contribution in [3.8, 4) is 5.75 Å². The average molecular weight is 278 g/mol. The second-order valence-corrected chi connectivity index (χ2v) is 4.92. The summed E-state index contributed by atoms with van der Waals surface area (Å²) in [6.07, 6.45) is -0.0176. The molecule has 1 aromatic carbocycles. The van der Waals surface area contributed by atoms with Gasteiger partial charge < -0.3 is 10.1 Å². The lowest BCUT2D eigenvalue weighted by Gasteiger charge is -2.09. The van der Waals surface area contributed by atoms with Crippen LogP contribution in [0.25, 0.3) is 0 Å². The van der Waals surface area contributed by atoms with Crippen molar-refractivity contribution in [1.82, 2.24) is 10.2 Å². The van der Waals surface area contributed by atoms with Gasteiger partial charge in [-0.3, -0.25) is 9.89 Å². The fourth-order valence-corrected chi connectivity index (χ4v) is 2.25. The van der Waals surface area contributed by atoms with Gasteiger partial charge in [-0.15, -0.1) is 0 Å². The molecule has 0 spiro atoms. The molecule has 1 aromatic heterocycles. The van der Waals surface area contributed by atoms with Gasteiger partial charge in [0, 0.05) is 23.2 Å². The first-order valence-electron chi connectivity index (χ1n) is 5.90. The number of hydrogen-bond donors (Lipinski definition) is 2. The highest BCUT2D eigenvalue weighted by Gasteiger charge is 2.29. The molecule has 3 rings (SSSR count). The standard InChI is InChI=1S/C13H12ClN3O2/c1-7-4-12(17-16-7)15-13(18)11-6-8-5-9(14)2-3-10(8)19-11/h2-5,11H,6H2,1H3,(H2,15,16,17,18). The molecule has 0 saturated heterocycles. The number of H-pyrrole nitrogens is 1. The lowest BCUT2D eigenvalue weighted by molar-refractivity contribution is -0.122. The normalized spacial score (nSPS) is 16.8. The number of carbonyl (C=O) groups is 1. The molecule has 1 aliphatic rings. The van der Waals surface area contributed by atoms with Crippen LogP contribution in [0.2, 0.25) is 5.02 Å². The number of amides is 1. The number of anilines is 1. The number of nitrogens with zero attached hydrogens (tertiary/aromatic N) is 1. The van der Waals surface area contributed by atoms with Crippen LogP contribution in [-0.2, 0) is 11.2 Å². The molecule has 0 aliphatic carbocycles. The second kappa shape index (κ2) is 4.59. The Kier molecular flexibility index (Phi) is 2.91. The molecular formula is C13H12ClN3O2. The summed E-state index contributed by atoms with van der Waals surface area (Å²) in [7, 11) is 0. The molecule has 98 valence electrons. The van der Waals surface area contributed by atoms with Crippen LogP contribution in [-0.4, -0.2) is 22.2 Å². The number of aromatic amines is 1. The van der Waals surface area contributed by atoms with Crippen LogP contribution in [0.1, 0.15) is 11.3 Å². The number of halogens is 1. The summed E-state index contributed by atoms with van der Waals surface area (Å²) in [5.74, 6) is 1.00. The highest BCUT2D eigenvalue weighted by atomic mass is 35.5. The molecule has 2 aromatic rings. The van der Waals surface area contributed by atoms with Crippen molar-refractivity contribution in [3.63, 3.8) is 0 Å². The smallest absolute Gasteiger partial charge is 0.266 e. The van der Waals surface area contributed by atoms with E-state index >= 15 is 0 Å². The highest BCUT2D eigenvalue weighted by Crippen LogP contribution is 2.31. The molecule has 1 atom stereocenters. The van der Waals surface area contributed by atoms with Gasteiger partial charge in [0.05, 0.1) is 0 Å². The molecule has 0 fully saturated rings. The van der Waals surface area contributed by atoms with Crippen molar-refractivity contribution in [2.24, 2.45) is 0 Å². The first kappa shape index (κ1) is 12.0. The minimum atomic E-state index is -0.537. The molecule has 6 heteroatoms. The van der Waals surface area contributed by atoms with Crippen molar-refractivity contribution < 1.29 is 9.53 Å². The Hall–Kier alpha value is -2.01. The Morgan fingerprint density at radius 2 is 2.37 bits per heavy atom. The Morgan fingerprint density at radius 1 is 1.53 bits per heavy atom. The van der Waals surface area contributed by atoms with Crippen LogP contribution >= 0.6 is 11.6 Å². The molecule has 19 heavy (non-hydrogen) atoms. The predicted octanol–water partition coefficient (Wildman–Crippen LogP) is 2.31. The second-order valence-electron chi connectivity index (χ2n) is 4.49. The van der Waals surface area contributed by atoms with Crippen molar-refractivity contribution in [2.45, 2.75) is 19.4 Å². The quantitative estimate of drug-likeness (QED) is 0.885. The zero-order valence-electron chi connectivity index (χ0n) is 10.2. The predicted molar refractivity (Wildman–Crippen MR) is 71.5 cm³/mol. The van der Waals surface area contributed by atoms with E-state index in [2.05, 4.69) is 15.5 Å². The Morgan fingerprint density at radius 3 is 3.11 bits per heavy atom. The highest BCUT2D eigenvalue weighted by molar-refractivity contribution is 6.30. The SMILES string of the molecule is Cc1cc(NC(=O)C2Cc3cc(Cl)ccc3O2)n[nH]1. The van der Waals surface area contributed by atoms with Gasteiger partial charge in [0.25, 0.3) is 5.91 Å². The largest absolute Gasteiger partial charge is 0.480 e. The van der Waals surface area contributed by atoms with Gasteiger partial charge in [-0.25, -0.2) is 0 Å². The van der Waals surface area contributed by atoms with E-state index in [1.54, 1.807) is 18.2 Å². The third kappa shape index (κ3) is 2.42. The molecule has 0 bridgehead atoms. The molecule has 1 aliphatic heterocycles. The minimum absolute atomic E-state index is 0.209. The summed E-state index contributed by atoms with van der Waals surface area (Å²) < 4.78 is 5.59. The summed E-state index contributed by atoms with van der Waals surface area (Å²) in [4.78, 5) is 12.1. The lowest BCUT2D eigenvalue weighted by atomic mass is 10.1. The van der Waals surface area contributed by atoms with Gasteiger partial charge in [0.15, 0.2) is 11.9 Å².